The third-order valence-corrected chi connectivity index (χ3v) is 5.72. The second-order valence-electron chi connectivity index (χ2n) is 6.99. The molecule has 4 rings (SSSR count). The van der Waals surface area contributed by atoms with Crippen LogP contribution in [0.5, 0.6) is 11.5 Å². The summed E-state index contributed by atoms with van der Waals surface area (Å²) in [6.07, 6.45) is 0. The molecule has 0 aromatic heterocycles. The molecule has 1 aliphatic carbocycles. The lowest BCUT2D eigenvalue weighted by Crippen LogP contribution is -2.29. The topological polar surface area (TPSA) is 73.9 Å². The monoisotopic (exact) mass is 425 g/mol. The molecule has 0 unspecified atom stereocenters. The molecule has 6 nitrogen and oxygen atoms in total. The van der Waals surface area contributed by atoms with Crippen molar-refractivity contribution < 1.29 is 23.8 Å². The van der Waals surface area contributed by atoms with Crippen LogP contribution in [0.1, 0.15) is 34.3 Å². The molecule has 1 atom stereocenters. The molecule has 2 aromatic carbocycles. The number of ketones is 1. The standard InChI is InChI=1S/C23H20ClNO5/c1-11-17(23(27)30-4)18(12-9-15(24)22(29-3)16(10-12)28-2)19-20(25-11)13-7-5-6-8-14(13)21(19)26/h5-10,18,25H,1-4H3/t18-/m1/s1. The maximum absolute atomic E-state index is 13.4. The number of Topliss-reactive ketones (excluding diaryl/α,β-unsaturated/α-hetero) is 1. The highest BCUT2D eigenvalue weighted by Gasteiger charge is 2.43. The normalized spacial score (nSPS) is 17.4. The number of rotatable bonds is 4. The van der Waals surface area contributed by atoms with Gasteiger partial charge in [-0.3, -0.25) is 4.79 Å². The van der Waals surface area contributed by atoms with Gasteiger partial charge in [0.05, 0.1) is 37.6 Å². The minimum absolute atomic E-state index is 0.141. The van der Waals surface area contributed by atoms with Crippen molar-refractivity contribution in [3.8, 4) is 11.5 Å². The molecule has 2 aromatic rings. The number of dihydropyridines is 1. The van der Waals surface area contributed by atoms with Crippen LogP contribution in [-0.4, -0.2) is 33.1 Å². The molecule has 0 spiro atoms. The minimum atomic E-state index is -0.675. The number of ether oxygens (including phenoxy) is 3. The summed E-state index contributed by atoms with van der Waals surface area (Å²) in [6.45, 7) is 1.79. The zero-order valence-electron chi connectivity index (χ0n) is 17.0. The van der Waals surface area contributed by atoms with Gasteiger partial charge in [-0.15, -0.1) is 0 Å². The zero-order valence-corrected chi connectivity index (χ0v) is 17.7. The Balaban J connectivity index is 1.99. The fourth-order valence-electron chi connectivity index (χ4n) is 4.15. The number of allylic oxidation sites excluding steroid dienone is 2. The van der Waals surface area contributed by atoms with Gasteiger partial charge >= 0.3 is 5.97 Å². The minimum Gasteiger partial charge on any atom is -0.493 e. The lowest BCUT2D eigenvalue weighted by molar-refractivity contribution is -0.136. The molecule has 1 heterocycles. The average Bonchev–Trinajstić information content (AvgIpc) is 3.03. The van der Waals surface area contributed by atoms with Crippen LogP contribution in [0.2, 0.25) is 5.02 Å². The van der Waals surface area contributed by atoms with Crippen molar-refractivity contribution in [3.05, 3.63) is 75.0 Å². The molecule has 0 bridgehead atoms. The van der Waals surface area contributed by atoms with Crippen LogP contribution in [0.3, 0.4) is 0 Å². The molecule has 0 fully saturated rings. The smallest absolute Gasteiger partial charge is 0.336 e. The van der Waals surface area contributed by atoms with Crippen LogP contribution in [0.4, 0.5) is 0 Å². The van der Waals surface area contributed by atoms with E-state index in [1.54, 1.807) is 25.1 Å². The van der Waals surface area contributed by atoms with Crippen molar-refractivity contribution >= 4 is 29.1 Å². The number of hydrogen-bond donors (Lipinski definition) is 1. The van der Waals surface area contributed by atoms with Gasteiger partial charge < -0.3 is 19.5 Å². The number of hydrogen-bond acceptors (Lipinski definition) is 6. The fourth-order valence-corrected chi connectivity index (χ4v) is 4.44. The predicted octanol–water partition coefficient (Wildman–Crippen LogP) is 4.10. The van der Waals surface area contributed by atoms with Gasteiger partial charge in [-0.2, -0.15) is 0 Å². The van der Waals surface area contributed by atoms with E-state index in [1.165, 1.54) is 21.3 Å². The SMILES string of the molecule is COC(=O)C1=C(C)NC2=C(C(=O)c3ccccc32)[C@@H]1c1cc(Cl)c(OC)c(OC)c1. The number of carbonyl (C=O) groups is 2. The number of carbonyl (C=O) groups excluding carboxylic acids is 2. The van der Waals surface area contributed by atoms with Crippen molar-refractivity contribution in [3.63, 3.8) is 0 Å². The zero-order chi connectivity index (χ0) is 21.6. The van der Waals surface area contributed by atoms with Crippen molar-refractivity contribution in [1.29, 1.82) is 0 Å². The summed E-state index contributed by atoms with van der Waals surface area (Å²) >= 11 is 6.44. The maximum atomic E-state index is 13.4. The van der Waals surface area contributed by atoms with Crippen LogP contribution >= 0.6 is 11.6 Å². The van der Waals surface area contributed by atoms with E-state index in [0.717, 1.165) is 5.56 Å². The first-order valence-corrected chi connectivity index (χ1v) is 9.66. The lowest BCUT2D eigenvalue weighted by Gasteiger charge is -2.29. The van der Waals surface area contributed by atoms with Crippen molar-refractivity contribution in [2.24, 2.45) is 0 Å². The highest BCUT2D eigenvalue weighted by Crippen LogP contribution is 2.49. The molecule has 0 radical (unpaired) electrons. The van der Waals surface area contributed by atoms with E-state index in [0.29, 0.717) is 50.2 Å². The molecular formula is C23H20ClNO5. The molecule has 1 aliphatic heterocycles. The van der Waals surface area contributed by atoms with Crippen LogP contribution < -0.4 is 14.8 Å². The first-order chi connectivity index (χ1) is 14.4. The van der Waals surface area contributed by atoms with Crippen molar-refractivity contribution in [1.82, 2.24) is 5.32 Å². The van der Waals surface area contributed by atoms with Crippen LogP contribution in [0.25, 0.3) is 5.70 Å². The van der Waals surface area contributed by atoms with E-state index in [-0.39, 0.29) is 5.78 Å². The summed E-state index contributed by atoms with van der Waals surface area (Å²) in [5.41, 5.74) is 4.15. The Labute approximate surface area is 179 Å². The second kappa shape index (κ2) is 7.54. The number of fused-ring (bicyclic) bond motifs is 2. The Hall–Kier alpha value is -3.25. The largest absolute Gasteiger partial charge is 0.493 e. The van der Waals surface area contributed by atoms with Gasteiger partial charge in [0.25, 0.3) is 0 Å². The van der Waals surface area contributed by atoms with E-state index in [9.17, 15) is 9.59 Å². The Morgan fingerprint density at radius 2 is 1.77 bits per heavy atom. The number of nitrogens with one attached hydrogen (secondary N) is 1. The molecule has 30 heavy (non-hydrogen) atoms. The third-order valence-electron chi connectivity index (χ3n) is 5.44. The van der Waals surface area contributed by atoms with Gasteiger partial charge in [-0.1, -0.05) is 35.9 Å². The quantitative estimate of drug-likeness (QED) is 0.743. The summed E-state index contributed by atoms with van der Waals surface area (Å²) in [4.78, 5) is 26.1. The summed E-state index contributed by atoms with van der Waals surface area (Å²) in [5.74, 6) is -0.548. The van der Waals surface area contributed by atoms with Crippen LogP contribution in [-0.2, 0) is 9.53 Å². The van der Waals surface area contributed by atoms with Gasteiger partial charge in [-0.05, 0) is 24.6 Å². The lowest BCUT2D eigenvalue weighted by atomic mass is 9.79. The Bertz CT molecular complexity index is 1150. The molecule has 0 amide bonds. The number of benzene rings is 2. The summed E-state index contributed by atoms with van der Waals surface area (Å²) in [6, 6.07) is 10.8. The van der Waals surface area contributed by atoms with Crippen LogP contribution in [0, 0.1) is 0 Å². The van der Waals surface area contributed by atoms with E-state index in [4.69, 9.17) is 25.8 Å². The highest BCUT2D eigenvalue weighted by molar-refractivity contribution is 6.32. The molecule has 154 valence electrons. The number of halogens is 1. The second-order valence-corrected chi connectivity index (χ2v) is 7.40. The van der Waals surface area contributed by atoms with E-state index >= 15 is 0 Å². The Morgan fingerprint density at radius 3 is 2.40 bits per heavy atom. The first kappa shape index (κ1) is 20.0. The molecule has 0 saturated carbocycles. The van der Waals surface area contributed by atoms with Gasteiger partial charge in [0.15, 0.2) is 17.3 Å². The average molecular weight is 426 g/mol. The Morgan fingerprint density at radius 1 is 1.07 bits per heavy atom. The Kier molecular flexibility index (Phi) is 5.03. The van der Waals surface area contributed by atoms with E-state index in [1.807, 2.05) is 18.2 Å². The van der Waals surface area contributed by atoms with Crippen LogP contribution in [0.15, 0.2) is 53.2 Å². The molecular weight excluding hydrogens is 406 g/mol. The van der Waals surface area contributed by atoms with E-state index < -0.39 is 11.9 Å². The third kappa shape index (κ3) is 2.87. The molecule has 0 saturated heterocycles. The van der Waals surface area contributed by atoms with E-state index in [2.05, 4.69) is 5.32 Å². The number of esters is 1. The molecule has 1 N–H and O–H groups in total. The number of methoxy groups -OCH3 is 3. The summed E-state index contributed by atoms with van der Waals surface area (Å²) < 4.78 is 15.8. The fraction of sp³-hybridized carbons (Fsp3) is 0.217. The molecule has 2 aliphatic rings. The van der Waals surface area contributed by atoms with Gasteiger partial charge in [0, 0.05) is 28.3 Å². The van der Waals surface area contributed by atoms with Crippen molar-refractivity contribution in [2.75, 3.05) is 21.3 Å². The predicted molar refractivity (Wildman–Crippen MR) is 113 cm³/mol. The molecule has 7 heteroatoms. The first-order valence-electron chi connectivity index (χ1n) is 9.28. The maximum Gasteiger partial charge on any atom is 0.336 e. The van der Waals surface area contributed by atoms with Gasteiger partial charge in [0.1, 0.15) is 0 Å². The summed E-state index contributed by atoms with van der Waals surface area (Å²) in [5, 5.41) is 3.56. The van der Waals surface area contributed by atoms with Crippen molar-refractivity contribution in [2.45, 2.75) is 12.8 Å². The van der Waals surface area contributed by atoms with Gasteiger partial charge in [-0.25, -0.2) is 4.79 Å². The van der Waals surface area contributed by atoms with Gasteiger partial charge in [0.2, 0.25) is 0 Å². The highest BCUT2D eigenvalue weighted by atomic mass is 35.5. The summed E-state index contributed by atoms with van der Waals surface area (Å²) in [7, 11) is 4.32.